The molecule has 0 amide bonds. The van der Waals surface area contributed by atoms with Crippen molar-refractivity contribution >= 4 is 5.97 Å². The Bertz CT molecular complexity index is 196. The van der Waals surface area contributed by atoms with E-state index in [1.807, 2.05) is 0 Å². The first-order chi connectivity index (χ1) is 7.22. The van der Waals surface area contributed by atoms with Gasteiger partial charge in [-0.3, -0.25) is 4.79 Å². The van der Waals surface area contributed by atoms with Crippen molar-refractivity contribution in [3.8, 4) is 0 Å². The lowest BCUT2D eigenvalue weighted by Crippen LogP contribution is -2.34. The van der Waals surface area contributed by atoms with Crippen LogP contribution in [0.25, 0.3) is 0 Å². The van der Waals surface area contributed by atoms with E-state index in [0.717, 1.165) is 13.2 Å². The van der Waals surface area contributed by atoms with Gasteiger partial charge in [-0.2, -0.15) is 0 Å². The number of hydrogen-bond acceptors (Lipinski definition) is 4. The van der Waals surface area contributed by atoms with E-state index < -0.39 is 0 Å². The van der Waals surface area contributed by atoms with Crippen LogP contribution in [0.2, 0.25) is 0 Å². The third-order valence-corrected chi connectivity index (χ3v) is 2.75. The number of rotatable bonds is 5. The highest BCUT2D eigenvalue weighted by atomic mass is 16.5. The zero-order valence-corrected chi connectivity index (χ0v) is 9.70. The van der Waals surface area contributed by atoms with Crippen LogP contribution in [0.3, 0.4) is 0 Å². The summed E-state index contributed by atoms with van der Waals surface area (Å²) in [5.41, 5.74) is 0. The number of hydrogen-bond donors (Lipinski definition) is 0. The van der Waals surface area contributed by atoms with E-state index in [9.17, 15) is 4.79 Å². The topological polar surface area (TPSA) is 38.8 Å². The molecule has 0 N–H and O–H groups in total. The number of nitrogens with zero attached hydrogens (tertiary/aromatic N) is 1. The SMILES string of the molecule is COC(=O)CCOC[C@H]1CCCN(C)C1. The monoisotopic (exact) mass is 215 g/mol. The predicted molar refractivity (Wildman–Crippen MR) is 57.7 cm³/mol. The van der Waals surface area contributed by atoms with Crippen molar-refractivity contribution in [1.29, 1.82) is 0 Å². The van der Waals surface area contributed by atoms with Crippen LogP contribution in [0.5, 0.6) is 0 Å². The van der Waals surface area contributed by atoms with Crippen LogP contribution in [0.15, 0.2) is 0 Å². The summed E-state index contributed by atoms with van der Waals surface area (Å²) in [5.74, 6) is 0.428. The van der Waals surface area contributed by atoms with Crippen LogP contribution in [0.4, 0.5) is 0 Å². The molecule has 1 aliphatic rings. The molecule has 1 aliphatic heterocycles. The molecular weight excluding hydrogens is 194 g/mol. The first-order valence-electron chi connectivity index (χ1n) is 5.55. The lowest BCUT2D eigenvalue weighted by Gasteiger charge is -2.29. The number of ether oxygens (including phenoxy) is 2. The molecule has 0 radical (unpaired) electrons. The van der Waals surface area contributed by atoms with E-state index in [0.29, 0.717) is 18.9 Å². The Morgan fingerprint density at radius 2 is 2.33 bits per heavy atom. The van der Waals surface area contributed by atoms with E-state index in [4.69, 9.17) is 4.74 Å². The molecule has 15 heavy (non-hydrogen) atoms. The van der Waals surface area contributed by atoms with Crippen molar-refractivity contribution in [2.45, 2.75) is 19.3 Å². The molecule has 0 bridgehead atoms. The van der Waals surface area contributed by atoms with Crippen LogP contribution in [0, 0.1) is 5.92 Å². The molecule has 0 spiro atoms. The van der Waals surface area contributed by atoms with E-state index >= 15 is 0 Å². The van der Waals surface area contributed by atoms with Crippen molar-refractivity contribution < 1.29 is 14.3 Å². The second kappa shape index (κ2) is 6.80. The highest BCUT2D eigenvalue weighted by molar-refractivity contribution is 5.69. The number of carbonyl (C=O) groups excluding carboxylic acids is 1. The van der Waals surface area contributed by atoms with Gasteiger partial charge in [-0.1, -0.05) is 0 Å². The molecular formula is C11H21NO3. The molecule has 1 heterocycles. The Kier molecular flexibility index (Phi) is 5.65. The molecule has 1 saturated heterocycles. The Labute approximate surface area is 91.5 Å². The van der Waals surface area contributed by atoms with Gasteiger partial charge < -0.3 is 14.4 Å². The van der Waals surface area contributed by atoms with Crippen molar-refractivity contribution in [2.75, 3.05) is 40.5 Å². The quantitative estimate of drug-likeness (QED) is 0.505. The number of piperidine rings is 1. The number of esters is 1. The Morgan fingerprint density at radius 1 is 1.53 bits per heavy atom. The van der Waals surface area contributed by atoms with Crippen molar-refractivity contribution in [3.63, 3.8) is 0 Å². The van der Waals surface area contributed by atoms with Gasteiger partial charge in [-0.05, 0) is 32.4 Å². The minimum absolute atomic E-state index is 0.198. The highest BCUT2D eigenvalue weighted by Gasteiger charge is 2.16. The van der Waals surface area contributed by atoms with E-state index in [-0.39, 0.29) is 5.97 Å². The first kappa shape index (κ1) is 12.5. The molecule has 0 aromatic heterocycles. The molecule has 1 atom stereocenters. The maximum atomic E-state index is 10.8. The Balaban J connectivity index is 2.02. The van der Waals surface area contributed by atoms with E-state index in [1.165, 1.54) is 26.5 Å². The number of methoxy groups -OCH3 is 1. The first-order valence-corrected chi connectivity index (χ1v) is 5.55. The maximum absolute atomic E-state index is 10.8. The summed E-state index contributed by atoms with van der Waals surface area (Å²) in [7, 11) is 3.54. The second-order valence-electron chi connectivity index (χ2n) is 4.17. The summed E-state index contributed by atoms with van der Waals surface area (Å²) < 4.78 is 10.00. The Morgan fingerprint density at radius 3 is 3.00 bits per heavy atom. The average molecular weight is 215 g/mol. The van der Waals surface area contributed by atoms with Gasteiger partial charge in [-0.15, -0.1) is 0 Å². The normalized spacial score (nSPS) is 22.7. The highest BCUT2D eigenvalue weighted by Crippen LogP contribution is 2.15. The fraction of sp³-hybridized carbons (Fsp3) is 0.909. The summed E-state index contributed by atoms with van der Waals surface area (Å²) in [4.78, 5) is 13.1. The molecule has 1 rings (SSSR count). The molecule has 0 saturated carbocycles. The molecule has 1 fully saturated rings. The minimum atomic E-state index is -0.198. The number of likely N-dealkylation sites (tertiary alicyclic amines) is 1. The average Bonchev–Trinajstić information content (AvgIpc) is 2.24. The third kappa shape index (κ3) is 5.14. The summed E-state index contributed by atoms with van der Waals surface area (Å²) in [6, 6.07) is 0. The summed E-state index contributed by atoms with van der Waals surface area (Å²) in [5, 5.41) is 0. The Hall–Kier alpha value is -0.610. The van der Waals surface area contributed by atoms with Gasteiger partial charge in [0, 0.05) is 6.54 Å². The van der Waals surface area contributed by atoms with Gasteiger partial charge in [0.15, 0.2) is 0 Å². The standard InChI is InChI=1S/C11H21NO3/c1-12-6-3-4-10(8-12)9-15-7-5-11(13)14-2/h10H,3-9H2,1-2H3/t10-/m0/s1. The van der Waals surface area contributed by atoms with Crippen molar-refractivity contribution in [2.24, 2.45) is 5.92 Å². The largest absolute Gasteiger partial charge is 0.469 e. The lowest BCUT2D eigenvalue weighted by molar-refractivity contribution is -0.141. The van der Waals surface area contributed by atoms with Gasteiger partial charge in [0.2, 0.25) is 0 Å². The predicted octanol–water partition coefficient (Wildman–Crippen LogP) is 0.908. The van der Waals surface area contributed by atoms with Gasteiger partial charge in [0.25, 0.3) is 0 Å². The minimum Gasteiger partial charge on any atom is -0.469 e. The smallest absolute Gasteiger partial charge is 0.307 e. The molecule has 4 nitrogen and oxygen atoms in total. The molecule has 4 heteroatoms. The van der Waals surface area contributed by atoms with Crippen molar-refractivity contribution in [3.05, 3.63) is 0 Å². The molecule has 0 aromatic rings. The van der Waals surface area contributed by atoms with Crippen LogP contribution in [0.1, 0.15) is 19.3 Å². The number of carbonyl (C=O) groups is 1. The summed E-state index contributed by atoms with van der Waals surface area (Å²) in [6.45, 7) is 3.55. The lowest BCUT2D eigenvalue weighted by atomic mass is 10.00. The van der Waals surface area contributed by atoms with Crippen LogP contribution < -0.4 is 0 Å². The van der Waals surface area contributed by atoms with Crippen LogP contribution in [-0.4, -0.2) is 51.3 Å². The van der Waals surface area contributed by atoms with Gasteiger partial charge >= 0.3 is 5.97 Å². The molecule has 0 aromatic carbocycles. The third-order valence-electron chi connectivity index (χ3n) is 2.75. The van der Waals surface area contributed by atoms with Crippen LogP contribution in [-0.2, 0) is 14.3 Å². The second-order valence-corrected chi connectivity index (χ2v) is 4.17. The van der Waals surface area contributed by atoms with Gasteiger partial charge in [0.05, 0.1) is 26.7 Å². The van der Waals surface area contributed by atoms with Gasteiger partial charge in [-0.25, -0.2) is 0 Å². The van der Waals surface area contributed by atoms with Crippen molar-refractivity contribution in [1.82, 2.24) is 4.90 Å². The fourth-order valence-electron chi connectivity index (χ4n) is 1.92. The molecule has 88 valence electrons. The summed E-state index contributed by atoms with van der Waals surface area (Å²) in [6.07, 6.45) is 2.85. The summed E-state index contributed by atoms with van der Waals surface area (Å²) >= 11 is 0. The molecule has 0 unspecified atom stereocenters. The maximum Gasteiger partial charge on any atom is 0.307 e. The van der Waals surface area contributed by atoms with E-state index in [2.05, 4.69) is 16.7 Å². The zero-order chi connectivity index (χ0) is 11.1. The zero-order valence-electron chi connectivity index (χ0n) is 9.70. The van der Waals surface area contributed by atoms with Gasteiger partial charge in [0.1, 0.15) is 0 Å². The van der Waals surface area contributed by atoms with E-state index in [1.54, 1.807) is 0 Å². The molecule has 0 aliphatic carbocycles. The van der Waals surface area contributed by atoms with Crippen LogP contribution >= 0.6 is 0 Å². The fourth-order valence-corrected chi connectivity index (χ4v) is 1.92.